The lowest BCUT2D eigenvalue weighted by Crippen LogP contribution is -2.45. The summed E-state index contributed by atoms with van der Waals surface area (Å²) in [6.07, 6.45) is 1.62. The number of likely N-dealkylation sites (tertiary alicyclic amines) is 1. The van der Waals surface area contributed by atoms with Gasteiger partial charge in [-0.15, -0.1) is 0 Å². The summed E-state index contributed by atoms with van der Waals surface area (Å²) in [5, 5.41) is 9.55. The maximum absolute atomic E-state index is 11.9. The highest BCUT2D eigenvalue weighted by Crippen LogP contribution is 2.17. The third kappa shape index (κ3) is 2.01. The molecule has 2 unspecified atom stereocenters. The van der Waals surface area contributed by atoms with Crippen LogP contribution in [0.4, 0.5) is 0 Å². The van der Waals surface area contributed by atoms with Crippen molar-refractivity contribution in [3.63, 3.8) is 0 Å². The van der Waals surface area contributed by atoms with Crippen molar-refractivity contribution in [1.82, 2.24) is 14.9 Å². The Balaban J connectivity index is 2.09. The number of H-pyrrole nitrogens is 2. The van der Waals surface area contributed by atoms with E-state index in [0.717, 1.165) is 0 Å². The van der Waals surface area contributed by atoms with Gasteiger partial charge in [-0.2, -0.15) is 0 Å². The topological polar surface area (TPSA) is 89.2 Å². The van der Waals surface area contributed by atoms with Gasteiger partial charge in [-0.05, 0) is 12.3 Å². The molecule has 0 saturated carbocycles. The van der Waals surface area contributed by atoms with Gasteiger partial charge in [0.1, 0.15) is 5.69 Å². The summed E-state index contributed by atoms with van der Waals surface area (Å²) in [6, 6.07) is 0. The third-order valence-corrected chi connectivity index (χ3v) is 2.97. The second kappa shape index (κ2) is 4.13. The van der Waals surface area contributed by atoms with E-state index in [2.05, 4.69) is 9.97 Å². The molecule has 1 aliphatic rings. The molecule has 0 radical (unpaired) electrons. The Hall–Kier alpha value is -1.56. The number of aliphatic hydroxyl groups is 1. The van der Waals surface area contributed by atoms with Gasteiger partial charge in [-0.1, -0.05) is 6.92 Å². The molecule has 1 aromatic heterocycles. The molecule has 1 aliphatic heterocycles. The highest BCUT2D eigenvalue weighted by molar-refractivity contribution is 5.92. The summed E-state index contributed by atoms with van der Waals surface area (Å²) in [5.41, 5.74) is -0.109. The van der Waals surface area contributed by atoms with E-state index >= 15 is 0 Å². The molecule has 0 spiro atoms. The molecule has 2 atom stereocenters. The molecule has 0 bridgehead atoms. The lowest BCUT2D eigenvalue weighted by Gasteiger charge is -2.34. The van der Waals surface area contributed by atoms with Crippen molar-refractivity contribution in [2.75, 3.05) is 13.1 Å². The molecule has 6 nitrogen and oxygen atoms in total. The van der Waals surface area contributed by atoms with E-state index in [-0.39, 0.29) is 29.3 Å². The van der Waals surface area contributed by atoms with E-state index < -0.39 is 0 Å². The third-order valence-electron chi connectivity index (χ3n) is 2.97. The summed E-state index contributed by atoms with van der Waals surface area (Å²) in [7, 11) is 0. The van der Waals surface area contributed by atoms with Gasteiger partial charge in [0.05, 0.1) is 6.10 Å². The fourth-order valence-corrected chi connectivity index (χ4v) is 1.94. The van der Waals surface area contributed by atoms with Gasteiger partial charge < -0.3 is 20.0 Å². The van der Waals surface area contributed by atoms with Crippen LogP contribution < -0.4 is 5.69 Å². The fourth-order valence-electron chi connectivity index (χ4n) is 1.94. The Bertz CT molecular complexity index is 437. The van der Waals surface area contributed by atoms with Crippen molar-refractivity contribution >= 4 is 5.91 Å². The van der Waals surface area contributed by atoms with Crippen molar-refractivity contribution in [3.05, 3.63) is 22.4 Å². The molecule has 3 N–H and O–H groups in total. The highest BCUT2D eigenvalue weighted by Gasteiger charge is 2.28. The number of rotatable bonds is 1. The largest absolute Gasteiger partial charge is 0.393 e. The summed E-state index contributed by atoms with van der Waals surface area (Å²) in [6.45, 7) is 2.95. The van der Waals surface area contributed by atoms with E-state index in [0.29, 0.717) is 19.5 Å². The average Bonchev–Trinajstić information content (AvgIpc) is 2.68. The van der Waals surface area contributed by atoms with Crippen molar-refractivity contribution in [2.24, 2.45) is 5.92 Å². The van der Waals surface area contributed by atoms with Crippen LogP contribution in [0.3, 0.4) is 0 Å². The van der Waals surface area contributed by atoms with Crippen LogP contribution in [0.1, 0.15) is 23.8 Å². The first kappa shape index (κ1) is 10.9. The summed E-state index contributed by atoms with van der Waals surface area (Å²) in [5.74, 6) is -0.125. The molecule has 1 saturated heterocycles. The minimum atomic E-state index is -0.381. The number of hydrogen-bond acceptors (Lipinski definition) is 3. The predicted octanol–water partition coefficient (Wildman–Crippen LogP) is -0.454. The Labute approximate surface area is 92.3 Å². The monoisotopic (exact) mass is 225 g/mol. The zero-order valence-corrected chi connectivity index (χ0v) is 9.06. The SMILES string of the molecule is CC1CN(C(=O)c2c[nH]c(=O)[nH]2)CCC1O. The second-order valence-corrected chi connectivity index (χ2v) is 4.24. The van der Waals surface area contributed by atoms with Crippen LogP contribution in [0.2, 0.25) is 0 Å². The Morgan fingerprint density at radius 2 is 2.38 bits per heavy atom. The minimum absolute atomic E-state index is 0.0726. The van der Waals surface area contributed by atoms with E-state index in [1.165, 1.54) is 6.20 Å². The molecule has 88 valence electrons. The molecular formula is C10H15N3O3. The van der Waals surface area contributed by atoms with E-state index in [4.69, 9.17) is 0 Å². The number of aromatic nitrogens is 2. The summed E-state index contributed by atoms with van der Waals surface area (Å²) in [4.78, 5) is 29.3. The molecule has 2 rings (SSSR count). The van der Waals surface area contributed by atoms with Crippen LogP contribution in [0.5, 0.6) is 0 Å². The Morgan fingerprint density at radius 3 is 2.94 bits per heavy atom. The number of piperidine rings is 1. The number of hydrogen-bond donors (Lipinski definition) is 3. The van der Waals surface area contributed by atoms with Gasteiger partial charge in [0.25, 0.3) is 5.91 Å². The van der Waals surface area contributed by atoms with Crippen LogP contribution in [-0.4, -0.2) is 45.1 Å². The fraction of sp³-hybridized carbons (Fsp3) is 0.600. The molecule has 1 fully saturated rings. The van der Waals surface area contributed by atoms with Crippen molar-refractivity contribution in [2.45, 2.75) is 19.4 Å². The van der Waals surface area contributed by atoms with Gasteiger partial charge in [0, 0.05) is 19.3 Å². The zero-order valence-electron chi connectivity index (χ0n) is 9.06. The van der Waals surface area contributed by atoms with Crippen LogP contribution in [0.25, 0.3) is 0 Å². The minimum Gasteiger partial charge on any atom is -0.393 e. The predicted molar refractivity (Wildman–Crippen MR) is 57.1 cm³/mol. The number of amides is 1. The maximum Gasteiger partial charge on any atom is 0.323 e. The number of aromatic amines is 2. The standard InChI is InChI=1S/C10H15N3O3/c1-6-5-13(3-2-8(6)14)9(15)7-4-11-10(16)12-7/h4,6,8,14H,2-3,5H2,1H3,(H2,11,12,16). The van der Waals surface area contributed by atoms with E-state index in [1.807, 2.05) is 6.92 Å². The first-order valence-corrected chi connectivity index (χ1v) is 5.33. The van der Waals surface area contributed by atoms with Crippen molar-refractivity contribution in [3.8, 4) is 0 Å². The highest BCUT2D eigenvalue weighted by atomic mass is 16.3. The molecule has 6 heteroatoms. The number of carbonyl (C=O) groups is 1. The molecule has 0 aliphatic carbocycles. The van der Waals surface area contributed by atoms with Crippen LogP contribution in [0, 0.1) is 5.92 Å². The Kier molecular flexibility index (Phi) is 2.82. The van der Waals surface area contributed by atoms with E-state index in [1.54, 1.807) is 4.90 Å². The smallest absolute Gasteiger partial charge is 0.323 e. The van der Waals surface area contributed by atoms with Gasteiger partial charge in [-0.3, -0.25) is 4.79 Å². The summed E-state index contributed by atoms with van der Waals surface area (Å²) < 4.78 is 0. The van der Waals surface area contributed by atoms with Crippen LogP contribution in [-0.2, 0) is 0 Å². The number of aliphatic hydroxyl groups excluding tert-OH is 1. The zero-order chi connectivity index (χ0) is 11.7. The van der Waals surface area contributed by atoms with E-state index in [9.17, 15) is 14.7 Å². The van der Waals surface area contributed by atoms with Gasteiger partial charge in [-0.25, -0.2) is 4.79 Å². The van der Waals surface area contributed by atoms with Crippen molar-refractivity contribution < 1.29 is 9.90 Å². The van der Waals surface area contributed by atoms with Gasteiger partial charge in [0.15, 0.2) is 0 Å². The van der Waals surface area contributed by atoms with Crippen molar-refractivity contribution in [1.29, 1.82) is 0 Å². The number of imidazole rings is 1. The van der Waals surface area contributed by atoms with Gasteiger partial charge >= 0.3 is 5.69 Å². The second-order valence-electron chi connectivity index (χ2n) is 4.24. The van der Waals surface area contributed by atoms with Crippen LogP contribution in [0.15, 0.2) is 11.0 Å². The molecule has 2 heterocycles. The van der Waals surface area contributed by atoms with Crippen LogP contribution >= 0.6 is 0 Å². The lowest BCUT2D eigenvalue weighted by molar-refractivity contribution is 0.0294. The first-order chi connectivity index (χ1) is 7.58. The average molecular weight is 225 g/mol. The molecule has 16 heavy (non-hydrogen) atoms. The Morgan fingerprint density at radius 1 is 1.62 bits per heavy atom. The number of nitrogens with one attached hydrogen (secondary N) is 2. The number of carbonyl (C=O) groups excluding carboxylic acids is 1. The summed E-state index contributed by atoms with van der Waals surface area (Å²) >= 11 is 0. The normalized spacial score (nSPS) is 25.8. The molecular weight excluding hydrogens is 210 g/mol. The quantitative estimate of drug-likeness (QED) is 0.604. The number of nitrogens with zero attached hydrogens (tertiary/aromatic N) is 1. The van der Waals surface area contributed by atoms with Gasteiger partial charge in [0.2, 0.25) is 0 Å². The first-order valence-electron chi connectivity index (χ1n) is 5.33. The molecule has 1 amide bonds. The molecule has 0 aromatic carbocycles. The lowest BCUT2D eigenvalue weighted by atomic mass is 9.96. The molecule has 1 aromatic rings. The maximum atomic E-state index is 11.9.